The van der Waals surface area contributed by atoms with Gasteiger partial charge in [0.1, 0.15) is 23.5 Å². The van der Waals surface area contributed by atoms with Gasteiger partial charge in [-0.1, -0.05) is 6.07 Å². The molecule has 2 N–H and O–H groups in total. The Labute approximate surface area is 160 Å². The average Bonchev–Trinajstić information content (AvgIpc) is 3.36. The Kier molecular flexibility index (Phi) is 4.49. The summed E-state index contributed by atoms with van der Waals surface area (Å²) >= 11 is 0. The molecule has 0 radical (unpaired) electrons. The van der Waals surface area contributed by atoms with Gasteiger partial charge in [-0.25, -0.2) is 14.4 Å². The van der Waals surface area contributed by atoms with Gasteiger partial charge >= 0.3 is 6.18 Å². The molecule has 29 heavy (non-hydrogen) atoms. The maximum Gasteiger partial charge on any atom is 0.416 e. The SMILES string of the molecule is O=C(NCc1c(F)cccc1C(F)(F)F)c1cc(-n2ccnc2)nc2cn[nH]c12. The number of nitrogens with one attached hydrogen (secondary N) is 2. The summed E-state index contributed by atoms with van der Waals surface area (Å²) < 4.78 is 55.0. The molecule has 0 saturated carbocycles. The minimum absolute atomic E-state index is 0.0982. The second-order valence-corrected chi connectivity index (χ2v) is 6.07. The van der Waals surface area contributed by atoms with Crippen LogP contribution < -0.4 is 5.32 Å². The van der Waals surface area contributed by atoms with Gasteiger partial charge in [0.2, 0.25) is 0 Å². The molecule has 4 aromatic rings. The standard InChI is InChI=1S/C18H12F4N6O/c19-13-3-1-2-12(18(20,21)22)11(13)7-24-17(29)10-6-15(28-5-4-23-9-28)26-14-8-25-27-16(10)14/h1-6,8-9H,7H2,(H,24,29)(H,25,27). The lowest BCUT2D eigenvalue weighted by Crippen LogP contribution is -2.26. The number of rotatable bonds is 4. The van der Waals surface area contributed by atoms with Gasteiger partial charge in [-0.3, -0.25) is 14.5 Å². The van der Waals surface area contributed by atoms with Crippen LogP contribution in [0.3, 0.4) is 0 Å². The van der Waals surface area contributed by atoms with E-state index in [0.717, 1.165) is 18.2 Å². The normalized spacial score (nSPS) is 11.7. The summed E-state index contributed by atoms with van der Waals surface area (Å²) in [6.07, 6.45) is 1.28. The molecular formula is C18H12F4N6O. The van der Waals surface area contributed by atoms with Gasteiger partial charge in [0, 0.05) is 24.5 Å². The van der Waals surface area contributed by atoms with Crippen molar-refractivity contribution in [2.45, 2.75) is 12.7 Å². The van der Waals surface area contributed by atoms with Gasteiger partial charge in [0.05, 0.1) is 22.8 Å². The molecule has 4 rings (SSSR count). The molecule has 148 valence electrons. The maximum absolute atomic E-state index is 14.0. The lowest BCUT2D eigenvalue weighted by atomic mass is 10.1. The van der Waals surface area contributed by atoms with Crippen LogP contribution in [0.25, 0.3) is 16.9 Å². The first-order chi connectivity index (χ1) is 13.8. The van der Waals surface area contributed by atoms with Crippen LogP contribution in [0.5, 0.6) is 0 Å². The Balaban J connectivity index is 1.67. The van der Waals surface area contributed by atoms with Crippen molar-refractivity contribution in [2.24, 2.45) is 0 Å². The van der Waals surface area contributed by atoms with Crippen LogP contribution in [0, 0.1) is 5.82 Å². The van der Waals surface area contributed by atoms with Crippen LogP contribution in [0.1, 0.15) is 21.5 Å². The molecule has 3 heterocycles. The van der Waals surface area contributed by atoms with Crippen LogP contribution >= 0.6 is 0 Å². The van der Waals surface area contributed by atoms with E-state index in [1.807, 2.05) is 0 Å². The van der Waals surface area contributed by atoms with Crippen molar-refractivity contribution in [3.63, 3.8) is 0 Å². The van der Waals surface area contributed by atoms with Crippen molar-refractivity contribution < 1.29 is 22.4 Å². The number of aromatic amines is 1. The van der Waals surface area contributed by atoms with E-state index in [1.165, 1.54) is 24.8 Å². The zero-order valence-electron chi connectivity index (χ0n) is 14.5. The van der Waals surface area contributed by atoms with E-state index < -0.39 is 35.6 Å². The van der Waals surface area contributed by atoms with Crippen molar-refractivity contribution in [2.75, 3.05) is 0 Å². The second-order valence-electron chi connectivity index (χ2n) is 6.07. The number of hydrogen-bond acceptors (Lipinski definition) is 4. The number of amides is 1. The van der Waals surface area contributed by atoms with Gasteiger partial charge in [0.25, 0.3) is 5.91 Å². The fourth-order valence-corrected chi connectivity index (χ4v) is 2.89. The van der Waals surface area contributed by atoms with Gasteiger partial charge in [-0.15, -0.1) is 0 Å². The molecule has 0 aliphatic carbocycles. The third-order valence-corrected chi connectivity index (χ3v) is 4.26. The Morgan fingerprint density at radius 3 is 2.83 bits per heavy atom. The average molecular weight is 404 g/mol. The van der Waals surface area contributed by atoms with Crippen LogP contribution in [0.2, 0.25) is 0 Å². The number of carbonyl (C=O) groups is 1. The number of aromatic nitrogens is 5. The van der Waals surface area contributed by atoms with E-state index in [4.69, 9.17) is 0 Å². The number of carbonyl (C=O) groups excluding carboxylic acids is 1. The van der Waals surface area contributed by atoms with Crippen molar-refractivity contribution in [1.29, 1.82) is 0 Å². The summed E-state index contributed by atoms with van der Waals surface area (Å²) in [5.74, 6) is -1.40. The van der Waals surface area contributed by atoms with E-state index in [1.54, 1.807) is 10.8 Å². The number of imidazole rings is 1. The van der Waals surface area contributed by atoms with Crippen molar-refractivity contribution >= 4 is 16.9 Å². The molecule has 0 aliphatic heterocycles. The molecular weight excluding hydrogens is 392 g/mol. The van der Waals surface area contributed by atoms with Gasteiger partial charge in [-0.05, 0) is 18.2 Å². The topological polar surface area (TPSA) is 88.5 Å². The minimum Gasteiger partial charge on any atom is -0.348 e. The van der Waals surface area contributed by atoms with E-state index in [9.17, 15) is 22.4 Å². The van der Waals surface area contributed by atoms with Gasteiger partial charge < -0.3 is 5.32 Å². The van der Waals surface area contributed by atoms with E-state index in [0.29, 0.717) is 16.9 Å². The van der Waals surface area contributed by atoms with E-state index in [2.05, 4.69) is 25.5 Å². The van der Waals surface area contributed by atoms with Crippen molar-refractivity contribution in [3.05, 3.63) is 71.7 Å². The molecule has 3 aromatic heterocycles. The maximum atomic E-state index is 14.0. The molecule has 0 spiro atoms. The highest BCUT2D eigenvalue weighted by atomic mass is 19.4. The molecule has 11 heteroatoms. The molecule has 0 unspecified atom stereocenters. The van der Waals surface area contributed by atoms with E-state index >= 15 is 0 Å². The summed E-state index contributed by atoms with van der Waals surface area (Å²) in [5.41, 5.74) is -1.00. The highest BCUT2D eigenvalue weighted by molar-refractivity contribution is 6.05. The Morgan fingerprint density at radius 1 is 1.28 bits per heavy atom. The minimum atomic E-state index is -4.75. The highest BCUT2D eigenvalue weighted by Gasteiger charge is 2.34. The van der Waals surface area contributed by atoms with Crippen LogP contribution in [-0.2, 0) is 12.7 Å². The zero-order valence-corrected chi connectivity index (χ0v) is 14.5. The highest BCUT2D eigenvalue weighted by Crippen LogP contribution is 2.33. The molecule has 0 aliphatic rings. The summed E-state index contributed by atoms with van der Waals surface area (Å²) in [6, 6.07) is 4.08. The fourth-order valence-electron chi connectivity index (χ4n) is 2.89. The number of fused-ring (bicyclic) bond motifs is 1. The molecule has 1 amide bonds. The third-order valence-electron chi connectivity index (χ3n) is 4.26. The predicted octanol–water partition coefficient (Wildman–Crippen LogP) is 3.23. The van der Waals surface area contributed by atoms with Crippen LogP contribution in [-0.4, -0.2) is 30.6 Å². The number of benzene rings is 1. The summed E-state index contributed by atoms with van der Waals surface area (Å²) in [5, 5.41) is 8.82. The summed E-state index contributed by atoms with van der Waals surface area (Å²) in [6.45, 7) is -0.640. The van der Waals surface area contributed by atoms with Crippen LogP contribution in [0.15, 0.2) is 49.2 Å². The third kappa shape index (κ3) is 3.53. The zero-order chi connectivity index (χ0) is 20.6. The lowest BCUT2D eigenvalue weighted by Gasteiger charge is -2.14. The summed E-state index contributed by atoms with van der Waals surface area (Å²) in [4.78, 5) is 21.0. The molecule has 0 fully saturated rings. The quantitative estimate of drug-likeness (QED) is 0.511. The van der Waals surface area contributed by atoms with Crippen molar-refractivity contribution in [1.82, 2.24) is 30.0 Å². The number of halogens is 4. The fraction of sp³-hybridized carbons (Fsp3) is 0.111. The number of nitrogens with zero attached hydrogens (tertiary/aromatic N) is 4. The van der Waals surface area contributed by atoms with Gasteiger partial charge in [-0.2, -0.15) is 18.3 Å². The number of pyridine rings is 1. The smallest absolute Gasteiger partial charge is 0.348 e. The Morgan fingerprint density at radius 2 is 2.10 bits per heavy atom. The van der Waals surface area contributed by atoms with Crippen LogP contribution in [0.4, 0.5) is 17.6 Å². The number of H-pyrrole nitrogens is 1. The van der Waals surface area contributed by atoms with Crippen molar-refractivity contribution in [3.8, 4) is 5.82 Å². The monoisotopic (exact) mass is 404 g/mol. The Hall–Kier alpha value is -3.76. The Bertz CT molecular complexity index is 1180. The first-order valence-electron chi connectivity index (χ1n) is 8.30. The molecule has 0 bridgehead atoms. The number of alkyl halides is 3. The molecule has 0 atom stereocenters. The van der Waals surface area contributed by atoms with Gasteiger partial charge in [0.15, 0.2) is 0 Å². The number of hydrogen-bond donors (Lipinski definition) is 2. The molecule has 7 nitrogen and oxygen atoms in total. The second kappa shape index (κ2) is 7.00. The predicted molar refractivity (Wildman–Crippen MR) is 93.6 cm³/mol. The van der Waals surface area contributed by atoms with E-state index in [-0.39, 0.29) is 5.56 Å². The first kappa shape index (κ1) is 18.6. The molecule has 0 saturated heterocycles. The summed E-state index contributed by atoms with van der Waals surface area (Å²) in [7, 11) is 0. The molecule has 1 aromatic carbocycles. The largest absolute Gasteiger partial charge is 0.416 e. The lowest BCUT2D eigenvalue weighted by molar-refractivity contribution is -0.138. The first-order valence-corrected chi connectivity index (χ1v) is 8.30.